The molecular weight excluding hydrogens is 252 g/mol. The molecule has 2 atom stereocenters. The lowest BCUT2D eigenvalue weighted by molar-refractivity contribution is 0.0536. The Labute approximate surface area is 120 Å². The summed E-state index contributed by atoms with van der Waals surface area (Å²) in [5, 5.41) is 3.71. The van der Waals surface area contributed by atoms with Gasteiger partial charge in [0, 0.05) is 44.7 Å². The largest absolute Gasteiger partial charge is 0.381 e. The van der Waals surface area contributed by atoms with Crippen molar-refractivity contribution in [1.29, 1.82) is 0 Å². The van der Waals surface area contributed by atoms with Crippen LogP contribution in [0.15, 0.2) is 18.5 Å². The summed E-state index contributed by atoms with van der Waals surface area (Å²) >= 11 is 0. The van der Waals surface area contributed by atoms with Gasteiger partial charge in [0.1, 0.15) is 0 Å². The Kier molecular flexibility index (Phi) is 4.82. The highest BCUT2D eigenvalue weighted by atomic mass is 16.5. The summed E-state index contributed by atoms with van der Waals surface area (Å²) in [5.41, 5.74) is 0. The first-order valence-corrected chi connectivity index (χ1v) is 7.75. The Bertz CT molecular complexity index is 394. The summed E-state index contributed by atoms with van der Waals surface area (Å²) in [6.07, 6.45) is 8.59. The van der Waals surface area contributed by atoms with Gasteiger partial charge >= 0.3 is 0 Å². The SMILES string of the molecule is c1cnc(N2CCCC(NCC3CCCOC3)C2)nc1. The maximum Gasteiger partial charge on any atom is 0.225 e. The van der Waals surface area contributed by atoms with E-state index in [1.807, 2.05) is 18.5 Å². The molecule has 1 aromatic heterocycles. The zero-order chi connectivity index (χ0) is 13.6. The van der Waals surface area contributed by atoms with E-state index in [1.165, 1.54) is 25.7 Å². The van der Waals surface area contributed by atoms with Crippen molar-refractivity contribution < 1.29 is 4.74 Å². The van der Waals surface area contributed by atoms with E-state index in [-0.39, 0.29) is 0 Å². The van der Waals surface area contributed by atoms with E-state index in [0.717, 1.165) is 38.8 Å². The van der Waals surface area contributed by atoms with Crippen molar-refractivity contribution in [3.63, 3.8) is 0 Å². The average molecular weight is 276 g/mol. The van der Waals surface area contributed by atoms with E-state index in [4.69, 9.17) is 4.74 Å². The maximum atomic E-state index is 5.54. The fraction of sp³-hybridized carbons (Fsp3) is 0.733. The van der Waals surface area contributed by atoms with Gasteiger partial charge in [0.25, 0.3) is 0 Å². The number of nitrogens with zero attached hydrogens (tertiary/aromatic N) is 3. The average Bonchev–Trinajstić information content (AvgIpc) is 2.55. The summed E-state index contributed by atoms with van der Waals surface area (Å²) in [6.45, 7) is 5.02. The molecule has 0 bridgehead atoms. The minimum atomic E-state index is 0.550. The third-order valence-corrected chi connectivity index (χ3v) is 4.21. The van der Waals surface area contributed by atoms with Crippen LogP contribution >= 0.6 is 0 Å². The molecule has 2 aliphatic rings. The van der Waals surface area contributed by atoms with E-state index in [9.17, 15) is 0 Å². The highest BCUT2D eigenvalue weighted by Crippen LogP contribution is 2.17. The quantitative estimate of drug-likeness (QED) is 0.902. The Morgan fingerprint density at radius 1 is 1.25 bits per heavy atom. The summed E-state index contributed by atoms with van der Waals surface area (Å²) in [6, 6.07) is 2.42. The molecule has 3 rings (SSSR count). The molecule has 2 unspecified atom stereocenters. The topological polar surface area (TPSA) is 50.3 Å². The van der Waals surface area contributed by atoms with E-state index in [2.05, 4.69) is 20.2 Å². The van der Waals surface area contributed by atoms with Crippen LogP contribution in [0.2, 0.25) is 0 Å². The molecular formula is C15H24N4O. The summed E-state index contributed by atoms with van der Waals surface area (Å²) in [7, 11) is 0. The van der Waals surface area contributed by atoms with Crippen LogP contribution in [0.25, 0.3) is 0 Å². The van der Waals surface area contributed by atoms with Crippen LogP contribution in [0, 0.1) is 5.92 Å². The molecule has 5 nitrogen and oxygen atoms in total. The molecule has 2 saturated heterocycles. The number of piperidine rings is 1. The van der Waals surface area contributed by atoms with Gasteiger partial charge in [-0.3, -0.25) is 0 Å². The normalized spacial score (nSPS) is 27.5. The van der Waals surface area contributed by atoms with E-state index in [0.29, 0.717) is 12.0 Å². The Morgan fingerprint density at radius 2 is 2.15 bits per heavy atom. The van der Waals surface area contributed by atoms with Gasteiger partial charge in [-0.15, -0.1) is 0 Å². The molecule has 0 amide bonds. The van der Waals surface area contributed by atoms with Crippen LogP contribution in [-0.4, -0.2) is 48.9 Å². The minimum Gasteiger partial charge on any atom is -0.381 e. The molecule has 3 heterocycles. The number of rotatable bonds is 4. The third kappa shape index (κ3) is 3.67. The van der Waals surface area contributed by atoms with Crippen LogP contribution in [0.5, 0.6) is 0 Å². The van der Waals surface area contributed by atoms with Crippen LogP contribution < -0.4 is 10.2 Å². The van der Waals surface area contributed by atoms with Gasteiger partial charge in [0.15, 0.2) is 0 Å². The van der Waals surface area contributed by atoms with Crippen LogP contribution in [0.3, 0.4) is 0 Å². The Balaban J connectivity index is 1.48. The third-order valence-electron chi connectivity index (χ3n) is 4.21. The van der Waals surface area contributed by atoms with Crippen molar-refractivity contribution in [1.82, 2.24) is 15.3 Å². The highest BCUT2D eigenvalue weighted by Gasteiger charge is 2.22. The van der Waals surface area contributed by atoms with Crippen molar-refractivity contribution in [2.75, 3.05) is 37.7 Å². The molecule has 2 fully saturated rings. The standard InChI is InChI=1S/C15H24N4O/c1-5-14(18-10-13-4-2-9-20-12-13)11-19(8-1)15-16-6-3-7-17-15/h3,6-7,13-14,18H,1-2,4-5,8-12H2. The number of hydrogen-bond acceptors (Lipinski definition) is 5. The Hall–Kier alpha value is -1.20. The molecule has 1 aromatic rings. The monoisotopic (exact) mass is 276 g/mol. The first-order chi connectivity index (χ1) is 9.92. The number of ether oxygens (including phenoxy) is 1. The van der Waals surface area contributed by atoms with Crippen molar-refractivity contribution in [2.24, 2.45) is 5.92 Å². The number of aromatic nitrogens is 2. The number of hydrogen-bond donors (Lipinski definition) is 1. The lowest BCUT2D eigenvalue weighted by atomic mass is 10.0. The molecule has 20 heavy (non-hydrogen) atoms. The van der Waals surface area contributed by atoms with Crippen molar-refractivity contribution in [3.8, 4) is 0 Å². The second-order valence-electron chi connectivity index (χ2n) is 5.83. The second-order valence-corrected chi connectivity index (χ2v) is 5.83. The van der Waals surface area contributed by atoms with Crippen molar-refractivity contribution in [2.45, 2.75) is 31.7 Å². The van der Waals surface area contributed by atoms with Crippen molar-refractivity contribution in [3.05, 3.63) is 18.5 Å². The number of nitrogens with one attached hydrogen (secondary N) is 1. The number of anilines is 1. The van der Waals surface area contributed by atoms with Crippen LogP contribution in [0.1, 0.15) is 25.7 Å². The summed E-state index contributed by atoms with van der Waals surface area (Å²) in [5.74, 6) is 1.55. The second kappa shape index (κ2) is 6.99. The van der Waals surface area contributed by atoms with Gasteiger partial charge < -0.3 is 15.0 Å². The van der Waals surface area contributed by atoms with E-state index >= 15 is 0 Å². The van der Waals surface area contributed by atoms with E-state index < -0.39 is 0 Å². The maximum absolute atomic E-state index is 5.54. The zero-order valence-corrected chi connectivity index (χ0v) is 12.0. The molecule has 0 spiro atoms. The minimum absolute atomic E-state index is 0.550. The molecule has 2 aliphatic heterocycles. The first-order valence-electron chi connectivity index (χ1n) is 7.75. The molecule has 0 radical (unpaired) electrons. The smallest absolute Gasteiger partial charge is 0.225 e. The fourth-order valence-electron chi connectivity index (χ4n) is 3.08. The zero-order valence-electron chi connectivity index (χ0n) is 12.0. The van der Waals surface area contributed by atoms with Gasteiger partial charge in [0.05, 0.1) is 6.61 Å². The lowest BCUT2D eigenvalue weighted by Gasteiger charge is -2.34. The fourth-order valence-corrected chi connectivity index (χ4v) is 3.08. The summed E-state index contributed by atoms with van der Waals surface area (Å²) < 4.78 is 5.54. The molecule has 0 aromatic carbocycles. The molecule has 1 N–H and O–H groups in total. The van der Waals surface area contributed by atoms with Gasteiger partial charge in [0.2, 0.25) is 5.95 Å². The van der Waals surface area contributed by atoms with E-state index in [1.54, 1.807) is 0 Å². The lowest BCUT2D eigenvalue weighted by Crippen LogP contribution is -2.48. The predicted octanol–water partition coefficient (Wildman–Crippen LogP) is 1.46. The molecule has 0 aliphatic carbocycles. The van der Waals surface area contributed by atoms with Crippen molar-refractivity contribution >= 4 is 5.95 Å². The predicted molar refractivity (Wildman–Crippen MR) is 78.8 cm³/mol. The Morgan fingerprint density at radius 3 is 2.95 bits per heavy atom. The molecule has 0 saturated carbocycles. The first kappa shape index (κ1) is 13.8. The van der Waals surface area contributed by atoms with Gasteiger partial charge in [-0.2, -0.15) is 0 Å². The molecule has 5 heteroatoms. The van der Waals surface area contributed by atoms with Crippen LogP contribution in [-0.2, 0) is 4.74 Å². The van der Waals surface area contributed by atoms with Gasteiger partial charge in [-0.05, 0) is 37.7 Å². The van der Waals surface area contributed by atoms with Gasteiger partial charge in [-0.25, -0.2) is 9.97 Å². The van der Waals surface area contributed by atoms with Crippen LogP contribution in [0.4, 0.5) is 5.95 Å². The summed E-state index contributed by atoms with van der Waals surface area (Å²) in [4.78, 5) is 11.0. The van der Waals surface area contributed by atoms with Gasteiger partial charge in [-0.1, -0.05) is 0 Å². The molecule has 110 valence electrons. The highest BCUT2D eigenvalue weighted by molar-refractivity contribution is 5.29.